The maximum atomic E-state index is 12.3. The normalized spacial score (nSPS) is 12.0. The van der Waals surface area contributed by atoms with E-state index in [1.54, 1.807) is 7.05 Å². The van der Waals surface area contributed by atoms with Gasteiger partial charge in [-0.25, -0.2) is 4.79 Å². The molecule has 5 nitrogen and oxygen atoms in total. The van der Waals surface area contributed by atoms with E-state index in [-0.39, 0.29) is 11.7 Å². The van der Waals surface area contributed by atoms with Gasteiger partial charge in [0.05, 0.1) is 0 Å². The van der Waals surface area contributed by atoms with E-state index in [1.165, 1.54) is 48.2 Å². The number of esters is 1. The van der Waals surface area contributed by atoms with E-state index < -0.39 is 18.7 Å². The molecule has 1 amide bonds. The number of benzene rings is 2. The van der Waals surface area contributed by atoms with Crippen molar-refractivity contribution in [1.29, 1.82) is 0 Å². The molecule has 7 heteroatoms. The van der Waals surface area contributed by atoms with E-state index in [0.717, 1.165) is 5.56 Å². The van der Waals surface area contributed by atoms with Crippen molar-refractivity contribution in [3.8, 4) is 5.75 Å². The number of nitrogens with zero attached hydrogens (tertiary/aromatic N) is 1. The predicted molar refractivity (Wildman–Crippen MR) is 101 cm³/mol. The zero-order chi connectivity index (χ0) is 20.5. The van der Waals surface area contributed by atoms with Gasteiger partial charge < -0.3 is 14.4 Å². The van der Waals surface area contributed by atoms with Crippen LogP contribution in [0.2, 0.25) is 0 Å². The first-order chi connectivity index (χ1) is 13.3. The Labute approximate surface area is 162 Å². The number of amides is 1. The van der Waals surface area contributed by atoms with Crippen LogP contribution in [0.3, 0.4) is 0 Å². The number of hydrogen-bond donors (Lipinski definition) is 0. The molecule has 0 aliphatic heterocycles. The average molecular weight is 389 g/mol. The SMILES string of the molecule is CC(OC(=O)/C=C/c1ccc(OC(F)F)cc1)C(=O)N(C)Cc1ccccc1. The van der Waals surface area contributed by atoms with E-state index >= 15 is 0 Å². The van der Waals surface area contributed by atoms with Gasteiger partial charge in [0, 0.05) is 19.7 Å². The molecule has 0 aromatic heterocycles. The third-order valence-electron chi connectivity index (χ3n) is 3.80. The summed E-state index contributed by atoms with van der Waals surface area (Å²) in [7, 11) is 1.64. The Kier molecular flexibility index (Phi) is 7.68. The predicted octanol–water partition coefficient (Wildman–Crippen LogP) is 3.89. The minimum Gasteiger partial charge on any atom is -0.449 e. The number of carbonyl (C=O) groups excluding carboxylic acids is 2. The molecule has 0 N–H and O–H groups in total. The van der Waals surface area contributed by atoms with Gasteiger partial charge in [0.25, 0.3) is 5.91 Å². The zero-order valence-corrected chi connectivity index (χ0v) is 15.5. The van der Waals surface area contributed by atoms with Gasteiger partial charge in [-0.05, 0) is 36.3 Å². The molecule has 28 heavy (non-hydrogen) atoms. The monoisotopic (exact) mass is 389 g/mol. The van der Waals surface area contributed by atoms with E-state index in [2.05, 4.69) is 4.74 Å². The van der Waals surface area contributed by atoms with Crippen molar-refractivity contribution in [2.75, 3.05) is 7.05 Å². The second-order valence-electron chi connectivity index (χ2n) is 6.04. The van der Waals surface area contributed by atoms with Crippen LogP contribution >= 0.6 is 0 Å². The highest BCUT2D eigenvalue weighted by Gasteiger charge is 2.20. The van der Waals surface area contributed by atoms with Crippen LogP contribution in [-0.4, -0.2) is 36.5 Å². The van der Waals surface area contributed by atoms with Crippen molar-refractivity contribution in [2.24, 2.45) is 0 Å². The number of halogens is 2. The number of rotatable bonds is 8. The van der Waals surface area contributed by atoms with Crippen molar-refractivity contribution >= 4 is 18.0 Å². The maximum Gasteiger partial charge on any atom is 0.387 e. The molecule has 0 aliphatic carbocycles. The van der Waals surface area contributed by atoms with E-state index in [1.807, 2.05) is 30.3 Å². The van der Waals surface area contributed by atoms with Crippen LogP contribution in [0.4, 0.5) is 8.78 Å². The van der Waals surface area contributed by atoms with Gasteiger partial charge in [-0.3, -0.25) is 4.79 Å². The molecule has 1 atom stereocenters. The Morgan fingerprint density at radius 1 is 1.07 bits per heavy atom. The zero-order valence-electron chi connectivity index (χ0n) is 15.5. The van der Waals surface area contributed by atoms with E-state index in [4.69, 9.17) is 4.74 Å². The molecule has 0 saturated heterocycles. The second kappa shape index (κ2) is 10.2. The Morgan fingerprint density at radius 3 is 2.32 bits per heavy atom. The standard InChI is InChI=1S/C21H21F2NO4/c1-15(20(26)24(2)14-17-6-4-3-5-7-17)27-19(25)13-10-16-8-11-18(12-9-16)28-21(22)23/h3-13,15,21H,14H2,1-2H3/b13-10+. The van der Waals surface area contributed by atoms with Crippen LogP contribution in [0.5, 0.6) is 5.75 Å². The lowest BCUT2D eigenvalue weighted by molar-refractivity contribution is -0.154. The minimum absolute atomic E-state index is 0.0235. The topological polar surface area (TPSA) is 55.8 Å². The fraction of sp³-hybridized carbons (Fsp3) is 0.238. The Balaban J connectivity index is 1.85. The summed E-state index contributed by atoms with van der Waals surface area (Å²) in [6.45, 7) is -0.980. The van der Waals surface area contributed by atoms with Crippen LogP contribution in [0, 0.1) is 0 Å². The summed E-state index contributed by atoms with van der Waals surface area (Å²) in [5.74, 6) is -0.976. The Morgan fingerprint density at radius 2 is 1.71 bits per heavy atom. The molecular formula is C21H21F2NO4. The summed E-state index contributed by atoms with van der Waals surface area (Å²) >= 11 is 0. The first kappa shape index (κ1) is 21.1. The lowest BCUT2D eigenvalue weighted by atomic mass is 10.2. The summed E-state index contributed by atoms with van der Waals surface area (Å²) in [5, 5.41) is 0. The van der Waals surface area contributed by atoms with Crippen LogP contribution in [0.25, 0.3) is 6.08 Å². The molecule has 1 unspecified atom stereocenters. The van der Waals surface area contributed by atoms with Crippen molar-refractivity contribution < 1.29 is 27.8 Å². The van der Waals surface area contributed by atoms with Gasteiger partial charge in [-0.15, -0.1) is 0 Å². The minimum atomic E-state index is -2.89. The van der Waals surface area contributed by atoms with Gasteiger partial charge in [-0.1, -0.05) is 42.5 Å². The summed E-state index contributed by atoms with van der Waals surface area (Å²) in [6.07, 6.45) is 1.69. The molecule has 2 aromatic rings. The fourth-order valence-corrected chi connectivity index (χ4v) is 2.43. The number of likely N-dealkylation sites (N-methyl/N-ethyl adjacent to an activating group) is 1. The van der Waals surface area contributed by atoms with Gasteiger partial charge >= 0.3 is 12.6 Å². The quantitative estimate of drug-likeness (QED) is 0.508. The van der Waals surface area contributed by atoms with Crippen molar-refractivity contribution in [1.82, 2.24) is 4.90 Å². The number of hydrogen-bond acceptors (Lipinski definition) is 4. The van der Waals surface area contributed by atoms with Gasteiger partial charge in [0.15, 0.2) is 6.10 Å². The van der Waals surface area contributed by atoms with E-state index in [0.29, 0.717) is 12.1 Å². The van der Waals surface area contributed by atoms with Gasteiger partial charge in [0.2, 0.25) is 0 Å². The van der Waals surface area contributed by atoms with Crippen LogP contribution < -0.4 is 4.74 Å². The molecule has 0 heterocycles. The van der Waals surface area contributed by atoms with Gasteiger partial charge in [-0.2, -0.15) is 8.78 Å². The summed E-state index contributed by atoms with van der Waals surface area (Å²) in [5.41, 5.74) is 1.56. The molecular weight excluding hydrogens is 368 g/mol. The Bertz CT molecular complexity index is 807. The van der Waals surface area contributed by atoms with Crippen molar-refractivity contribution in [3.05, 3.63) is 71.8 Å². The molecule has 148 valence electrons. The molecule has 0 bridgehead atoms. The molecule has 0 radical (unpaired) electrons. The lowest BCUT2D eigenvalue weighted by Gasteiger charge is -2.21. The maximum absolute atomic E-state index is 12.3. The molecule has 0 saturated carbocycles. The third-order valence-corrected chi connectivity index (χ3v) is 3.80. The molecule has 2 aromatic carbocycles. The van der Waals surface area contributed by atoms with Crippen molar-refractivity contribution in [2.45, 2.75) is 26.2 Å². The number of ether oxygens (including phenoxy) is 2. The van der Waals surface area contributed by atoms with E-state index in [9.17, 15) is 18.4 Å². The summed E-state index contributed by atoms with van der Waals surface area (Å²) in [4.78, 5) is 25.7. The molecule has 0 spiro atoms. The highest BCUT2D eigenvalue weighted by Crippen LogP contribution is 2.15. The highest BCUT2D eigenvalue weighted by atomic mass is 19.3. The largest absolute Gasteiger partial charge is 0.449 e. The van der Waals surface area contributed by atoms with Crippen LogP contribution in [-0.2, 0) is 20.9 Å². The fourth-order valence-electron chi connectivity index (χ4n) is 2.43. The second-order valence-corrected chi connectivity index (χ2v) is 6.04. The summed E-state index contributed by atoms with van der Waals surface area (Å²) in [6, 6.07) is 15.2. The molecule has 0 aliphatic rings. The number of carbonyl (C=O) groups is 2. The number of alkyl halides is 2. The molecule has 0 fully saturated rings. The van der Waals surface area contributed by atoms with Crippen LogP contribution in [0.1, 0.15) is 18.1 Å². The smallest absolute Gasteiger partial charge is 0.387 e. The first-order valence-electron chi connectivity index (χ1n) is 8.57. The molecule has 2 rings (SSSR count). The average Bonchev–Trinajstić information content (AvgIpc) is 2.67. The first-order valence-corrected chi connectivity index (χ1v) is 8.57. The third kappa shape index (κ3) is 6.83. The summed E-state index contributed by atoms with van der Waals surface area (Å²) < 4.78 is 33.6. The van der Waals surface area contributed by atoms with Crippen molar-refractivity contribution in [3.63, 3.8) is 0 Å². The Hall–Kier alpha value is -3.22. The lowest BCUT2D eigenvalue weighted by Crippen LogP contribution is -2.36. The van der Waals surface area contributed by atoms with Gasteiger partial charge in [0.1, 0.15) is 5.75 Å². The highest BCUT2D eigenvalue weighted by molar-refractivity contribution is 5.90. The van der Waals surface area contributed by atoms with Crippen LogP contribution in [0.15, 0.2) is 60.7 Å².